The van der Waals surface area contributed by atoms with E-state index in [-0.39, 0.29) is 6.16 Å². The molecule has 0 aliphatic carbocycles. The van der Waals surface area contributed by atoms with Crippen molar-refractivity contribution in [3.05, 3.63) is 0 Å². The largest absolute Gasteiger partial charge is 0.383 e. The maximum absolute atomic E-state index is 10.6. The van der Waals surface area contributed by atoms with Gasteiger partial charge in [0.15, 0.2) is 0 Å². The van der Waals surface area contributed by atoms with Gasteiger partial charge in [-0.15, -0.1) is 0 Å². The van der Waals surface area contributed by atoms with Gasteiger partial charge < -0.3 is 10.00 Å². The monoisotopic (exact) mass is 138 g/mol. The van der Waals surface area contributed by atoms with Crippen molar-refractivity contribution >= 4 is 7.37 Å². The molecule has 0 aromatic heterocycles. The van der Waals surface area contributed by atoms with Gasteiger partial charge in [-0.05, 0) is 6.92 Å². The lowest BCUT2D eigenvalue weighted by Gasteiger charge is -2.10. The van der Waals surface area contributed by atoms with Crippen LogP contribution in [0.1, 0.15) is 13.8 Å². The normalized spacial score (nSPS) is 22.0. The summed E-state index contributed by atoms with van der Waals surface area (Å²) < 4.78 is 10.6. The van der Waals surface area contributed by atoms with Gasteiger partial charge in [-0.2, -0.15) is 0 Å². The van der Waals surface area contributed by atoms with Crippen LogP contribution in [-0.4, -0.2) is 22.0 Å². The number of hydrogen-bond donors (Lipinski definition) is 2. The smallest absolute Gasteiger partial charge is 0.227 e. The van der Waals surface area contributed by atoms with Gasteiger partial charge in [0.25, 0.3) is 0 Å². The molecule has 0 fully saturated rings. The Morgan fingerprint density at radius 3 is 2.12 bits per heavy atom. The van der Waals surface area contributed by atoms with Crippen LogP contribution in [0, 0.1) is 0 Å². The van der Waals surface area contributed by atoms with E-state index in [1.807, 2.05) is 0 Å². The first-order valence-corrected chi connectivity index (χ1v) is 4.41. The third-order valence-electron chi connectivity index (χ3n) is 1.04. The molecule has 0 rings (SSSR count). The average Bonchev–Trinajstić information content (AvgIpc) is 1.67. The molecule has 2 unspecified atom stereocenters. The maximum atomic E-state index is 10.6. The van der Waals surface area contributed by atoms with Gasteiger partial charge in [0.2, 0.25) is 7.37 Å². The number of rotatable bonds is 2. The first-order chi connectivity index (χ1) is 3.50. The molecule has 0 aromatic rings. The lowest BCUT2D eigenvalue weighted by Crippen LogP contribution is -2.02. The molecule has 50 valence electrons. The van der Waals surface area contributed by atoms with Gasteiger partial charge in [-0.25, -0.2) is 0 Å². The lowest BCUT2D eigenvalue weighted by atomic mass is 10.9. The van der Waals surface area contributed by atoms with Gasteiger partial charge in [0, 0.05) is 6.16 Å². The van der Waals surface area contributed by atoms with Crippen molar-refractivity contribution in [2.45, 2.75) is 19.7 Å². The third-order valence-corrected chi connectivity index (χ3v) is 3.11. The van der Waals surface area contributed by atoms with Crippen LogP contribution in [0.3, 0.4) is 0 Å². The van der Waals surface area contributed by atoms with Crippen LogP contribution in [0.25, 0.3) is 0 Å². The highest BCUT2D eigenvalue weighted by Gasteiger charge is 2.21. The molecule has 0 aliphatic rings. The van der Waals surface area contributed by atoms with E-state index in [0.717, 1.165) is 0 Å². The van der Waals surface area contributed by atoms with E-state index in [4.69, 9.17) is 10.00 Å². The summed E-state index contributed by atoms with van der Waals surface area (Å²) >= 11 is 0. The van der Waals surface area contributed by atoms with Crippen molar-refractivity contribution in [2.24, 2.45) is 0 Å². The summed E-state index contributed by atoms with van der Waals surface area (Å²) in [5.41, 5.74) is 0. The second-order valence-electron chi connectivity index (χ2n) is 1.70. The summed E-state index contributed by atoms with van der Waals surface area (Å²) in [5.74, 6) is -1.08. The van der Waals surface area contributed by atoms with Crippen LogP contribution in [0.5, 0.6) is 0 Å². The second-order valence-corrected chi connectivity index (χ2v) is 4.59. The van der Waals surface area contributed by atoms with Crippen molar-refractivity contribution in [2.75, 3.05) is 6.16 Å². The van der Waals surface area contributed by atoms with Crippen molar-refractivity contribution in [3.8, 4) is 0 Å². The highest BCUT2D eigenvalue weighted by atomic mass is 31.2. The molecule has 8 heavy (non-hydrogen) atoms. The summed E-state index contributed by atoms with van der Waals surface area (Å²) in [6.07, 6.45) is 0.144. The van der Waals surface area contributed by atoms with Crippen LogP contribution in [-0.2, 0) is 4.57 Å². The van der Waals surface area contributed by atoms with Gasteiger partial charge >= 0.3 is 0 Å². The maximum Gasteiger partial charge on any atom is 0.227 e. The summed E-state index contributed by atoms with van der Waals surface area (Å²) in [6.45, 7) is 2.90. The first kappa shape index (κ1) is 8.15. The summed E-state index contributed by atoms with van der Waals surface area (Å²) in [6, 6.07) is 0. The molecule has 4 heteroatoms. The standard InChI is InChI=1S/C4H11O3P/c1-3-8(6,7)4(2)5/h4-5H,3H2,1-2H3,(H,6,7). The van der Waals surface area contributed by atoms with Crippen LogP contribution in [0.15, 0.2) is 0 Å². The minimum absolute atomic E-state index is 0.144. The van der Waals surface area contributed by atoms with Crippen LogP contribution < -0.4 is 0 Å². The van der Waals surface area contributed by atoms with Crippen LogP contribution >= 0.6 is 7.37 Å². The lowest BCUT2D eigenvalue weighted by molar-refractivity contribution is 0.248. The van der Waals surface area contributed by atoms with E-state index in [0.29, 0.717) is 0 Å². The van der Waals surface area contributed by atoms with Gasteiger partial charge in [0.05, 0.1) is 0 Å². The Balaban J connectivity index is 3.93. The van der Waals surface area contributed by atoms with Gasteiger partial charge in [-0.1, -0.05) is 6.92 Å². The van der Waals surface area contributed by atoms with Crippen LogP contribution in [0.2, 0.25) is 0 Å². The Morgan fingerprint density at radius 2 is 2.12 bits per heavy atom. The molecule has 0 spiro atoms. The molecule has 2 N–H and O–H groups in total. The molecule has 0 bridgehead atoms. The number of aliphatic hydroxyl groups excluding tert-OH is 1. The van der Waals surface area contributed by atoms with Crippen molar-refractivity contribution in [3.63, 3.8) is 0 Å². The quantitative estimate of drug-likeness (QED) is 0.550. The van der Waals surface area contributed by atoms with Gasteiger partial charge in [0.1, 0.15) is 5.85 Å². The summed E-state index contributed by atoms with van der Waals surface area (Å²) in [7, 11) is -3.19. The molecule has 0 radical (unpaired) electrons. The Bertz CT molecular complexity index is 110. The fraction of sp³-hybridized carbons (Fsp3) is 1.00. The van der Waals surface area contributed by atoms with E-state index < -0.39 is 13.2 Å². The SMILES string of the molecule is CCP(=O)(O)C(C)O. The molecule has 0 aromatic carbocycles. The zero-order valence-electron chi connectivity index (χ0n) is 5.03. The topological polar surface area (TPSA) is 57.5 Å². The summed E-state index contributed by atoms with van der Waals surface area (Å²) in [5, 5.41) is 8.57. The molecular formula is C4H11O3P. The molecule has 3 nitrogen and oxygen atoms in total. The zero-order chi connectivity index (χ0) is 6.78. The van der Waals surface area contributed by atoms with E-state index in [1.54, 1.807) is 6.92 Å². The molecule has 0 heterocycles. The number of hydrogen-bond acceptors (Lipinski definition) is 2. The molecule has 0 aliphatic heterocycles. The fourth-order valence-corrected chi connectivity index (χ4v) is 0.793. The Kier molecular flexibility index (Phi) is 2.67. The third kappa shape index (κ3) is 1.95. The average molecular weight is 138 g/mol. The van der Waals surface area contributed by atoms with E-state index in [9.17, 15) is 4.57 Å². The summed E-state index contributed by atoms with van der Waals surface area (Å²) in [4.78, 5) is 8.71. The highest BCUT2D eigenvalue weighted by molar-refractivity contribution is 7.58. The van der Waals surface area contributed by atoms with E-state index >= 15 is 0 Å². The Labute approximate surface area is 48.8 Å². The van der Waals surface area contributed by atoms with Gasteiger partial charge in [-0.3, -0.25) is 4.57 Å². The molecule has 0 amide bonds. The highest BCUT2D eigenvalue weighted by Crippen LogP contribution is 2.43. The van der Waals surface area contributed by atoms with Crippen molar-refractivity contribution < 1.29 is 14.6 Å². The first-order valence-electron chi connectivity index (χ1n) is 2.50. The number of aliphatic hydroxyl groups is 1. The molecule has 2 atom stereocenters. The van der Waals surface area contributed by atoms with Crippen molar-refractivity contribution in [1.29, 1.82) is 0 Å². The molecule has 0 saturated carbocycles. The predicted molar refractivity (Wildman–Crippen MR) is 32.0 cm³/mol. The minimum Gasteiger partial charge on any atom is -0.383 e. The van der Waals surface area contributed by atoms with E-state index in [2.05, 4.69) is 0 Å². The zero-order valence-corrected chi connectivity index (χ0v) is 5.93. The second kappa shape index (κ2) is 2.62. The molecular weight excluding hydrogens is 127 g/mol. The fourth-order valence-electron chi connectivity index (χ4n) is 0.264. The van der Waals surface area contributed by atoms with E-state index in [1.165, 1.54) is 6.92 Å². The van der Waals surface area contributed by atoms with Crippen molar-refractivity contribution in [1.82, 2.24) is 0 Å². The minimum atomic E-state index is -3.19. The predicted octanol–water partition coefficient (Wildman–Crippen LogP) is 0.615. The Morgan fingerprint density at radius 1 is 1.75 bits per heavy atom. The van der Waals surface area contributed by atoms with Crippen LogP contribution in [0.4, 0.5) is 0 Å². The molecule has 0 saturated heterocycles. The Hall–Kier alpha value is 0.150.